The number of rotatable bonds is 4. The molecule has 7 heteroatoms. The van der Waals surface area contributed by atoms with E-state index in [1.54, 1.807) is 4.31 Å². The summed E-state index contributed by atoms with van der Waals surface area (Å²) in [5.74, 6) is 1.56. The summed E-state index contributed by atoms with van der Waals surface area (Å²) >= 11 is 5.48. The number of fused-ring (bicyclic) bond motifs is 2. The van der Waals surface area contributed by atoms with Gasteiger partial charge in [-0.25, -0.2) is 12.8 Å². The minimum atomic E-state index is -3.83. The molecule has 1 saturated heterocycles. The Kier molecular flexibility index (Phi) is 5.35. The number of thioether (sulfide) groups is 1. The van der Waals surface area contributed by atoms with E-state index in [2.05, 4.69) is 28.6 Å². The van der Waals surface area contributed by atoms with Crippen LogP contribution in [0.5, 0.6) is 0 Å². The lowest BCUT2D eigenvalue weighted by atomic mass is 9.71. The molecule has 2 aliphatic heterocycles. The number of benzene rings is 2. The van der Waals surface area contributed by atoms with Crippen LogP contribution in [0.4, 0.5) is 10.1 Å². The van der Waals surface area contributed by atoms with Crippen molar-refractivity contribution in [3.05, 3.63) is 71.0 Å². The van der Waals surface area contributed by atoms with E-state index in [1.165, 1.54) is 24.3 Å². The highest BCUT2D eigenvalue weighted by molar-refractivity contribution is 9.10. The molecule has 148 valence electrons. The molecule has 0 aromatic heterocycles. The SMILES string of the molecule is C=CCC1N(S(=O)(=O)c2ccc(F)cc2)c2ccc(Br)cc2C12CCSCC2. The lowest BCUT2D eigenvalue weighted by molar-refractivity contribution is 0.341. The molecule has 0 N–H and O–H groups in total. The zero-order valence-corrected chi connectivity index (χ0v) is 18.5. The van der Waals surface area contributed by atoms with Crippen molar-refractivity contribution in [3.63, 3.8) is 0 Å². The smallest absolute Gasteiger partial charge is 0.262 e. The van der Waals surface area contributed by atoms with E-state index in [0.717, 1.165) is 40.1 Å². The van der Waals surface area contributed by atoms with Crippen molar-refractivity contribution >= 4 is 43.4 Å². The molecule has 2 heterocycles. The summed E-state index contributed by atoms with van der Waals surface area (Å²) in [5, 5.41) is 0. The third kappa shape index (κ3) is 3.12. The summed E-state index contributed by atoms with van der Waals surface area (Å²) < 4.78 is 43.2. The van der Waals surface area contributed by atoms with Crippen molar-refractivity contribution in [3.8, 4) is 0 Å². The van der Waals surface area contributed by atoms with E-state index in [1.807, 2.05) is 30.0 Å². The van der Waals surface area contributed by atoms with Gasteiger partial charge in [0, 0.05) is 9.89 Å². The Morgan fingerprint density at radius 3 is 2.54 bits per heavy atom. The number of hydrogen-bond donors (Lipinski definition) is 0. The van der Waals surface area contributed by atoms with Gasteiger partial charge in [0.15, 0.2) is 0 Å². The predicted molar refractivity (Wildman–Crippen MR) is 117 cm³/mol. The summed E-state index contributed by atoms with van der Waals surface area (Å²) in [5.41, 5.74) is 1.58. The molecule has 2 aliphatic rings. The van der Waals surface area contributed by atoms with E-state index in [0.29, 0.717) is 6.42 Å². The predicted octanol–water partition coefficient (Wildman–Crippen LogP) is 5.51. The Morgan fingerprint density at radius 1 is 1.21 bits per heavy atom. The third-order valence-electron chi connectivity index (χ3n) is 5.80. The summed E-state index contributed by atoms with van der Waals surface area (Å²) in [6.45, 7) is 3.90. The van der Waals surface area contributed by atoms with E-state index in [-0.39, 0.29) is 16.4 Å². The maximum atomic E-state index is 13.7. The molecule has 4 rings (SSSR count). The summed E-state index contributed by atoms with van der Waals surface area (Å²) in [6, 6.07) is 10.7. The van der Waals surface area contributed by atoms with Gasteiger partial charge in [0.05, 0.1) is 16.6 Å². The van der Waals surface area contributed by atoms with Crippen LogP contribution in [-0.2, 0) is 15.4 Å². The first kappa shape index (κ1) is 20.0. The van der Waals surface area contributed by atoms with Crippen LogP contribution in [0.1, 0.15) is 24.8 Å². The van der Waals surface area contributed by atoms with Gasteiger partial charge in [0.1, 0.15) is 5.82 Å². The van der Waals surface area contributed by atoms with Crippen molar-refractivity contribution in [2.75, 3.05) is 15.8 Å². The van der Waals surface area contributed by atoms with Gasteiger partial charge in [0.25, 0.3) is 10.0 Å². The molecular formula is C21H21BrFNO2S2. The Morgan fingerprint density at radius 2 is 1.89 bits per heavy atom. The lowest BCUT2D eigenvalue weighted by Crippen LogP contribution is -2.48. The molecule has 1 fully saturated rings. The van der Waals surface area contributed by atoms with Crippen LogP contribution in [-0.4, -0.2) is 26.0 Å². The van der Waals surface area contributed by atoms with Crippen LogP contribution in [0.25, 0.3) is 0 Å². The fourth-order valence-electron chi connectivity index (χ4n) is 4.51. The highest BCUT2D eigenvalue weighted by Gasteiger charge is 2.54. The standard InChI is InChI=1S/C21H21BrFNO2S2/c1-2-3-20-21(10-12-27-13-11-21)18-14-15(22)4-9-19(18)24(20)28(25,26)17-7-5-16(23)6-8-17/h2,4-9,14,20H,1,3,10-13H2. The first-order valence-corrected chi connectivity index (χ1v) is 12.6. The molecule has 1 spiro atoms. The van der Waals surface area contributed by atoms with Gasteiger partial charge in [-0.1, -0.05) is 22.0 Å². The minimum Gasteiger partial charge on any atom is -0.262 e. The Labute approximate surface area is 178 Å². The molecule has 2 aromatic carbocycles. The van der Waals surface area contributed by atoms with E-state index < -0.39 is 15.8 Å². The van der Waals surface area contributed by atoms with Crippen molar-refractivity contribution < 1.29 is 12.8 Å². The molecule has 0 amide bonds. The molecule has 0 saturated carbocycles. The second-order valence-corrected chi connectivity index (χ2v) is 11.2. The van der Waals surface area contributed by atoms with Crippen LogP contribution >= 0.6 is 27.7 Å². The molecule has 0 aliphatic carbocycles. The van der Waals surface area contributed by atoms with Gasteiger partial charge < -0.3 is 0 Å². The number of halogens is 2. The molecule has 0 bridgehead atoms. The zero-order valence-electron chi connectivity index (χ0n) is 15.3. The molecule has 1 atom stereocenters. The monoisotopic (exact) mass is 481 g/mol. The van der Waals surface area contributed by atoms with Crippen LogP contribution in [0.3, 0.4) is 0 Å². The molecule has 0 radical (unpaired) electrons. The topological polar surface area (TPSA) is 37.4 Å². The first-order valence-electron chi connectivity index (χ1n) is 9.19. The number of nitrogens with zero attached hydrogens (tertiary/aromatic N) is 1. The maximum absolute atomic E-state index is 13.7. The van der Waals surface area contributed by atoms with Gasteiger partial charge in [-0.3, -0.25) is 4.31 Å². The molecule has 1 unspecified atom stereocenters. The minimum absolute atomic E-state index is 0.110. The fourth-order valence-corrected chi connectivity index (χ4v) is 7.84. The van der Waals surface area contributed by atoms with E-state index >= 15 is 0 Å². The quantitative estimate of drug-likeness (QED) is 0.540. The third-order valence-corrected chi connectivity index (χ3v) is 9.11. The average molecular weight is 482 g/mol. The maximum Gasteiger partial charge on any atom is 0.264 e. The van der Waals surface area contributed by atoms with Gasteiger partial charge in [-0.15, -0.1) is 6.58 Å². The second kappa shape index (κ2) is 7.50. The van der Waals surface area contributed by atoms with E-state index in [4.69, 9.17) is 0 Å². The number of sulfonamides is 1. The van der Waals surface area contributed by atoms with Gasteiger partial charge >= 0.3 is 0 Å². The highest BCUT2D eigenvalue weighted by atomic mass is 79.9. The molecule has 28 heavy (non-hydrogen) atoms. The molecule has 3 nitrogen and oxygen atoms in total. The Hall–Kier alpha value is -1.31. The largest absolute Gasteiger partial charge is 0.264 e. The summed E-state index contributed by atoms with van der Waals surface area (Å²) in [4.78, 5) is 0.110. The van der Waals surface area contributed by atoms with Gasteiger partial charge in [0.2, 0.25) is 0 Å². The normalized spacial score (nSPS) is 20.9. The van der Waals surface area contributed by atoms with Crippen molar-refractivity contribution in [1.82, 2.24) is 0 Å². The molecular weight excluding hydrogens is 461 g/mol. The lowest BCUT2D eigenvalue weighted by Gasteiger charge is -2.41. The highest BCUT2D eigenvalue weighted by Crippen LogP contribution is 2.55. The fraction of sp³-hybridized carbons (Fsp3) is 0.333. The van der Waals surface area contributed by atoms with Crippen molar-refractivity contribution in [2.45, 2.75) is 35.6 Å². The number of anilines is 1. The van der Waals surface area contributed by atoms with Gasteiger partial charge in [-0.05, 0) is 78.8 Å². The Balaban J connectivity index is 1.93. The van der Waals surface area contributed by atoms with Crippen LogP contribution in [0, 0.1) is 5.82 Å². The van der Waals surface area contributed by atoms with Crippen molar-refractivity contribution in [1.29, 1.82) is 0 Å². The first-order chi connectivity index (χ1) is 13.4. The average Bonchev–Trinajstić information content (AvgIpc) is 2.93. The zero-order chi connectivity index (χ0) is 19.9. The van der Waals surface area contributed by atoms with Gasteiger partial charge in [-0.2, -0.15) is 11.8 Å². The number of hydrogen-bond acceptors (Lipinski definition) is 3. The second-order valence-electron chi connectivity index (χ2n) is 7.22. The van der Waals surface area contributed by atoms with Crippen LogP contribution in [0.2, 0.25) is 0 Å². The Bertz CT molecular complexity index is 1000. The van der Waals surface area contributed by atoms with Crippen LogP contribution < -0.4 is 4.31 Å². The van der Waals surface area contributed by atoms with E-state index in [9.17, 15) is 12.8 Å². The summed E-state index contributed by atoms with van der Waals surface area (Å²) in [7, 11) is -3.83. The summed E-state index contributed by atoms with van der Waals surface area (Å²) in [6.07, 6.45) is 4.23. The molecule has 2 aromatic rings. The van der Waals surface area contributed by atoms with Crippen molar-refractivity contribution in [2.24, 2.45) is 0 Å². The van der Waals surface area contributed by atoms with Crippen LogP contribution in [0.15, 0.2) is 64.5 Å².